The van der Waals surface area contributed by atoms with E-state index < -0.39 is 11.8 Å². The average Bonchev–Trinajstić information content (AvgIpc) is 2.74. The summed E-state index contributed by atoms with van der Waals surface area (Å²) < 4.78 is 5.29. The van der Waals surface area contributed by atoms with Crippen molar-refractivity contribution in [1.82, 2.24) is 4.90 Å². The van der Waals surface area contributed by atoms with E-state index in [0.29, 0.717) is 36.1 Å². The Morgan fingerprint density at radius 2 is 1.86 bits per heavy atom. The third-order valence-electron chi connectivity index (χ3n) is 5.33. The number of benzene rings is 2. The van der Waals surface area contributed by atoms with E-state index in [9.17, 15) is 14.4 Å². The Morgan fingerprint density at radius 1 is 1.10 bits per heavy atom. The van der Waals surface area contributed by atoms with Crippen molar-refractivity contribution in [3.8, 4) is 5.75 Å². The first-order valence-electron chi connectivity index (χ1n) is 9.79. The summed E-state index contributed by atoms with van der Waals surface area (Å²) in [6.45, 7) is 1.13. The van der Waals surface area contributed by atoms with Crippen LogP contribution in [-0.4, -0.2) is 42.3 Å². The average molecular weight is 393 g/mol. The zero-order valence-electron chi connectivity index (χ0n) is 16.0. The highest BCUT2D eigenvalue weighted by atomic mass is 16.5. The van der Waals surface area contributed by atoms with Crippen LogP contribution in [0.3, 0.4) is 0 Å². The van der Waals surface area contributed by atoms with Gasteiger partial charge >= 0.3 is 11.8 Å². The molecule has 0 saturated carbocycles. The summed E-state index contributed by atoms with van der Waals surface area (Å²) in [5.74, 6) is -0.394. The maximum Gasteiger partial charge on any atom is 0.313 e. The lowest BCUT2D eigenvalue weighted by Gasteiger charge is -2.31. The fraction of sp³-hybridized carbons (Fsp3) is 0.318. The van der Waals surface area contributed by atoms with Gasteiger partial charge in [-0.3, -0.25) is 14.4 Å². The molecule has 2 heterocycles. The largest absolute Gasteiger partial charge is 0.482 e. The highest BCUT2D eigenvalue weighted by molar-refractivity contribution is 6.39. The number of anilines is 2. The molecule has 150 valence electrons. The van der Waals surface area contributed by atoms with E-state index in [2.05, 4.69) is 22.8 Å². The maximum absolute atomic E-state index is 12.5. The number of likely N-dealkylation sites (tertiary alicyclic amines) is 1. The van der Waals surface area contributed by atoms with E-state index in [0.717, 1.165) is 19.3 Å². The van der Waals surface area contributed by atoms with Crippen LogP contribution in [0.25, 0.3) is 0 Å². The summed E-state index contributed by atoms with van der Waals surface area (Å²) in [5, 5.41) is 5.30. The molecule has 0 spiro atoms. The Balaban J connectivity index is 1.30. The third kappa shape index (κ3) is 4.56. The number of amides is 3. The van der Waals surface area contributed by atoms with Crippen LogP contribution in [-0.2, 0) is 20.8 Å². The number of hydrogen-bond donors (Lipinski definition) is 2. The van der Waals surface area contributed by atoms with Crippen molar-refractivity contribution < 1.29 is 19.1 Å². The second kappa shape index (κ2) is 8.34. The molecule has 0 atom stereocenters. The van der Waals surface area contributed by atoms with E-state index in [-0.39, 0.29) is 12.5 Å². The van der Waals surface area contributed by atoms with E-state index in [1.165, 1.54) is 5.56 Å². The predicted molar refractivity (Wildman–Crippen MR) is 109 cm³/mol. The van der Waals surface area contributed by atoms with Gasteiger partial charge in [0, 0.05) is 18.8 Å². The highest BCUT2D eigenvalue weighted by Crippen LogP contribution is 2.30. The van der Waals surface area contributed by atoms with Crippen LogP contribution in [0.15, 0.2) is 48.5 Å². The normalized spacial score (nSPS) is 16.4. The first kappa shape index (κ1) is 19.0. The van der Waals surface area contributed by atoms with Crippen molar-refractivity contribution in [2.75, 3.05) is 30.3 Å². The summed E-state index contributed by atoms with van der Waals surface area (Å²) in [7, 11) is 0. The van der Waals surface area contributed by atoms with Crippen LogP contribution in [0.4, 0.5) is 11.4 Å². The molecule has 0 bridgehead atoms. The summed E-state index contributed by atoms with van der Waals surface area (Å²) in [5.41, 5.74) is 2.22. The van der Waals surface area contributed by atoms with Crippen molar-refractivity contribution in [3.05, 3.63) is 54.1 Å². The fourth-order valence-electron chi connectivity index (χ4n) is 3.78. The minimum atomic E-state index is -0.672. The van der Waals surface area contributed by atoms with Crippen molar-refractivity contribution in [1.29, 1.82) is 0 Å². The van der Waals surface area contributed by atoms with E-state index in [4.69, 9.17) is 4.74 Å². The lowest BCUT2D eigenvalue weighted by Crippen LogP contribution is -2.44. The second-order valence-corrected chi connectivity index (χ2v) is 7.43. The van der Waals surface area contributed by atoms with Gasteiger partial charge in [-0.05, 0) is 48.9 Å². The molecule has 2 N–H and O–H groups in total. The molecule has 0 aliphatic carbocycles. The number of nitrogens with zero attached hydrogens (tertiary/aromatic N) is 1. The smallest absolute Gasteiger partial charge is 0.313 e. The van der Waals surface area contributed by atoms with Gasteiger partial charge in [-0.1, -0.05) is 30.3 Å². The van der Waals surface area contributed by atoms with Crippen LogP contribution < -0.4 is 15.4 Å². The molecule has 1 saturated heterocycles. The molecule has 3 amide bonds. The molecule has 4 rings (SSSR count). The van der Waals surface area contributed by atoms with Crippen LogP contribution in [0.1, 0.15) is 18.4 Å². The number of carbonyl (C=O) groups excluding carboxylic acids is 3. The molecule has 7 heteroatoms. The molecule has 29 heavy (non-hydrogen) atoms. The first-order chi connectivity index (χ1) is 14.1. The lowest BCUT2D eigenvalue weighted by atomic mass is 9.90. The molecule has 7 nitrogen and oxygen atoms in total. The van der Waals surface area contributed by atoms with E-state index in [1.54, 1.807) is 23.1 Å². The summed E-state index contributed by atoms with van der Waals surface area (Å²) in [4.78, 5) is 38.0. The van der Waals surface area contributed by atoms with E-state index >= 15 is 0 Å². The Labute approximate surface area is 169 Å². The summed E-state index contributed by atoms with van der Waals surface area (Å²) >= 11 is 0. The van der Waals surface area contributed by atoms with Gasteiger partial charge in [0.05, 0.1) is 5.69 Å². The number of hydrogen-bond acceptors (Lipinski definition) is 4. The monoisotopic (exact) mass is 393 g/mol. The van der Waals surface area contributed by atoms with Gasteiger partial charge in [-0.25, -0.2) is 0 Å². The number of nitrogens with one attached hydrogen (secondary N) is 2. The minimum Gasteiger partial charge on any atom is -0.482 e. The number of fused-ring (bicyclic) bond motifs is 1. The van der Waals surface area contributed by atoms with Gasteiger partial charge in [-0.2, -0.15) is 0 Å². The molecule has 0 aromatic heterocycles. The van der Waals surface area contributed by atoms with Crippen molar-refractivity contribution in [2.24, 2.45) is 5.92 Å². The van der Waals surface area contributed by atoms with Crippen molar-refractivity contribution >= 4 is 29.1 Å². The maximum atomic E-state index is 12.5. The number of piperidine rings is 1. The first-order valence-corrected chi connectivity index (χ1v) is 9.79. The number of carbonyl (C=O) groups is 3. The Hall–Kier alpha value is -3.35. The van der Waals surface area contributed by atoms with Gasteiger partial charge < -0.3 is 20.3 Å². The van der Waals surface area contributed by atoms with Crippen molar-refractivity contribution in [3.63, 3.8) is 0 Å². The van der Waals surface area contributed by atoms with Crippen LogP contribution in [0.5, 0.6) is 5.75 Å². The lowest BCUT2D eigenvalue weighted by molar-refractivity contribution is -0.144. The molecule has 2 aliphatic heterocycles. The molecule has 2 aromatic rings. The second-order valence-electron chi connectivity index (χ2n) is 7.43. The Kier molecular flexibility index (Phi) is 5.46. The molecule has 1 fully saturated rings. The number of ether oxygens (including phenoxy) is 1. The zero-order chi connectivity index (χ0) is 20.2. The molecule has 0 radical (unpaired) electrons. The van der Waals surface area contributed by atoms with Gasteiger partial charge in [0.2, 0.25) is 0 Å². The fourth-order valence-corrected chi connectivity index (χ4v) is 3.78. The Bertz CT molecular complexity index is 921. The quantitative estimate of drug-likeness (QED) is 0.784. The highest BCUT2D eigenvalue weighted by Gasteiger charge is 2.27. The minimum absolute atomic E-state index is 0.0303. The topological polar surface area (TPSA) is 87.7 Å². The number of rotatable bonds is 3. The predicted octanol–water partition coefficient (Wildman–Crippen LogP) is 2.44. The van der Waals surface area contributed by atoms with E-state index in [1.807, 2.05) is 18.2 Å². The zero-order valence-corrected chi connectivity index (χ0v) is 16.0. The van der Waals surface area contributed by atoms with Gasteiger partial charge in [0.15, 0.2) is 6.61 Å². The van der Waals surface area contributed by atoms with Crippen LogP contribution >= 0.6 is 0 Å². The van der Waals surface area contributed by atoms with Crippen LogP contribution in [0.2, 0.25) is 0 Å². The van der Waals surface area contributed by atoms with Gasteiger partial charge in [0.1, 0.15) is 5.75 Å². The summed E-state index contributed by atoms with van der Waals surface area (Å²) in [6.07, 6.45) is 2.77. The molecular formula is C22H23N3O4. The molecule has 2 aliphatic rings. The third-order valence-corrected chi connectivity index (χ3v) is 5.33. The Morgan fingerprint density at radius 3 is 2.62 bits per heavy atom. The van der Waals surface area contributed by atoms with Crippen molar-refractivity contribution in [2.45, 2.75) is 19.3 Å². The standard InChI is InChI=1S/C22H23N3O4/c26-20-14-29-19-7-6-17(13-18(19)24-20)23-21(27)22(28)25-10-8-16(9-11-25)12-15-4-2-1-3-5-15/h1-7,13,16H,8-12,14H2,(H,23,27)(H,24,26). The SMILES string of the molecule is O=C1COc2ccc(NC(=O)C(=O)N3CCC(Cc4ccccc4)CC3)cc2N1. The van der Waals surface area contributed by atoms with Crippen LogP contribution in [0, 0.1) is 5.92 Å². The molecule has 0 unspecified atom stereocenters. The molecular weight excluding hydrogens is 370 g/mol. The van der Waals surface area contributed by atoms with Gasteiger partial charge in [-0.15, -0.1) is 0 Å². The molecule has 2 aromatic carbocycles. The van der Waals surface area contributed by atoms with Gasteiger partial charge in [0.25, 0.3) is 5.91 Å². The summed E-state index contributed by atoms with van der Waals surface area (Å²) in [6, 6.07) is 15.2.